The van der Waals surface area contributed by atoms with Gasteiger partial charge in [-0.15, -0.1) is 0 Å². The summed E-state index contributed by atoms with van der Waals surface area (Å²) in [5.74, 6) is -2.26. The van der Waals surface area contributed by atoms with E-state index in [4.69, 9.17) is 9.47 Å². The minimum atomic E-state index is -0.737. The highest BCUT2D eigenvalue weighted by molar-refractivity contribution is 5.96. The molecule has 1 atom stereocenters. The van der Waals surface area contributed by atoms with Crippen molar-refractivity contribution in [2.45, 2.75) is 38.5 Å². The first kappa shape index (κ1) is 26.7. The molecule has 3 aliphatic rings. The number of urea groups is 1. The molecule has 214 valence electrons. The van der Waals surface area contributed by atoms with Crippen molar-refractivity contribution in [2.24, 2.45) is 5.10 Å². The van der Waals surface area contributed by atoms with Gasteiger partial charge in [0.15, 0.2) is 17.4 Å². The third-order valence-corrected chi connectivity index (χ3v) is 7.22. The van der Waals surface area contributed by atoms with Crippen LogP contribution in [-0.4, -0.2) is 81.3 Å². The minimum Gasteiger partial charge on any atom is -0.483 e. The summed E-state index contributed by atoms with van der Waals surface area (Å²) in [5, 5.41) is 12.6. The molecule has 11 nitrogen and oxygen atoms in total. The van der Waals surface area contributed by atoms with E-state index in [0.29, 0.717) is 42.1 Å². The van der Waals surface area contributed by atoms with Crippen molar-refractivity contribution in [3.8, 4) is 11.6 Å². The molecule has 2 aromatic heterocycles. The van der Waals surface area contributed by atoms with Gasteiger partial charge < -0.3 is 19.7 Å². The fourth-order valence-electron chi connectivity index (χ4n) is 5.02. The van der Waals surface area contributed by atoms with Gasteiger partial charge in [-0.2, -0.15) is 10.2 Å². The lowest BCUT2D eigenvalue weighted by atomic mass is 10.0. The molecule has 3 aliphatic heterocycles. The van der Waals surface area contributed by atoms with E-state index in [2.05, 4.69) is 20.5 Å². The van der Waals surface area contributed by atoms with E-state index in [1.54, 1.807) is 13.8 Å². The summed E-state index contributed by atoms with van der Waals surface area (Å²) in [6.45, 7) is 4.65. The zero-order valence-electron chi connectivity index (χ0n) is 22.2. The number of carbonyl (C=O) groups is 2. The SMILES string of the molecule is Cc1nn(-c2cc(OC3CN(C(=O)N4N=CC[C@H]4c4cc(F)cc(F)c4)C3)c(F)cn2)c(C)c1C(=O)NC1COC1. The number of hydrogen-bond donors (Lipinski definition) is 1. The van der Waals surface area contributed by atoms with E-state index in [1.165, 1.54) is 39.0 Å². The number of ether oxygens (including phenoxy) is 2. The molecule has 0 radical (unpaired) electrons. The monoisotopic (exact) mass is 569 g/mol. The van der Waals surface area contributed by atoms with Crippen LogP contribution >= 0.6 is 0 Å². The van der Waals surface area contributed by atoms with E-state index in [0.717, 1.165) is 12.3 Å². The van der Waals surface area contributed by atoms with E-state index in [-0.39, 0.29) is 36.6 Å². The first-order valence-corrected chi connectivity index (χ1v) is 13.0. The highest BCUT2D eigenvalue weighted by Crippen LogP contribution is 2.32. The third kappa shape index (κ3) is 5.10. The van der Waals surface area contributed by atoms with Crippen molar-refractivity contribution in [3.05, 3.63) is 70.4 Å². The number of halogens is 3. The van der Waals surface area contributed by atoms with Gasteiger partial charge in [-0.25, -0.2) is 32.6 Å². The van der Waals surface area contributed by atoms with Crippen LogP contribution in [0.2, 0.25) is 0 Å². The topological polar surface area (TPSA) is 114 Å². The number of pyridine rings is 1. The number of rotatable bonds is 6. The normalized spacial score (nSPS) is 18.8. The predicted molar refractivity (Wildman–Crippen MR) is 138 cm³/mol. The van der Waals surface area contributed by atoms with Crippen LogP contribution in [0, 0.1) is 31.3 Å². The summed E-state index contributed by atoms with van der Waals surface area (Å²) < 4.78 is 54.5. The number of amides is 3. The highest BCUT2D eigenvalue weighted by Gasteiger charge is 2.39. The van der Waals surface area contributed by atoms with Crippen LogP contribution in [0.1, 0.15) is 39.8 Å². The summed E-state index contributed by atoms with van der Waals surface area (Å²) in [4.78, 5) is 31.4. The molecule has 0 bridgehead atoms. The van der Waals surface area contributed by atoms with Crippen molar-refractivity contribution in [3.63, 3.8) is 0 Å². The zero-order chi connectivity index (χ0) is 28.8. The number of aryl methyl sites for hydroxylation is 1. The fraction of sp³-hybridized carbons (Fsp3) is 0.370. The number of aromatic nitrogens is 3. The molecule has 5 heterocycles. The van der Waals surface area contributed by atoms with Gasteiger partial charge in [0.05, 0.1) is 61.5 Å². The van der Waals surface area contributed by atoms with Crippen LogP contribution in [0.15, 0.2) is 35.6 Å². The van der Waals surface area contributed by atoms with Gasteiger partial charge in [0, 0.05) is 24.8 Å². The molecule has 2 saturated heterocycles. The molecule has 6 rings (SSSR count). The third-order valence-electron chi connectivity index (χ3n) is 7.22. The molecule has 0 spiro atoms. The predicted octanol–water partition coefficient (Wildman–Crippen LogP) is 3.05. The summed E-state index contributed by atoms with van der Waals surface area (Å²) in [7, 11) is 0. The molecule has 14 heteroatoms. The second-order valence-electron chi connectivity index (χ2n) is 10.2. The lowest BCUT2D eigenvalue weighted by molar-refractivity contribution is -0.00348. The molecule has 0 aliphatic carbocycles. The second kappa shape index (κ2) is 10.5. The number of carbonyl (C=O) groups excluding carboxylic acids is 2. The number of nitrogens with one attached hydrogen (secondary N) is 1. The van der Waals surface area contributed by atoms with Crippen LogP contribution < -0.4 is 10.1 Å². The first-order valence-electron chi connectivity index (χ1n) is 13.0. The van der Waals surface area contributed by atoms with Gasteiger partial charge in [0.2, 0.25) is 0 Å². The highest BCUT2D eigenvalue weighted by atomic mass is 19.1. The summed E-state index contributed by atoms with van der Waals surface area (Å²) >= 11 is 0. The Hall–Kier alpha value is -4.46. The summed E-state index contributed by atoms with van der Waals surface area (Å²) in [6.07, 6.45) is 2.34. The maximum absolute atomic E-state index is 14.7. The van der Waals surface area contributed by atoms with Gasteiger partial charge in [-0.05, 0) is 31.5 Å². The average molecular weight is 570 g/mol. The Morgan fingerprint density at radius 3 is 2.49 bits per heavy atom. The summed E-state index contributed by atoms with van der Waals surface area (Å²) in [5.41, 5.74) is 1.73. The van der Waals surface area contributed by atoms with Gasteiger partial charge in [-0.1, -0.05) is 0 Å². The van der Waals surface area contributed by atoms with E-state index >= 15 is 0 Å². The van der Waals surface area contributed by atoms with Crippen LogP contribution in [0.25, 0.3) is 5.82 Å². The molecule has 1 aromatic carbocycles. The molecular formula is C27H26F3N7O4. The molecule has 0 saturated carbocycles. The van der Waals surface area contributed by atoms with Gasteiger partial charge in [-0.3, -0.25) is 4.79 Å². The Labute approximate surface area is 232 Å². The number of nitrogens with zero attached hydrogens (tertiary/aromatic N) is 6. The van der Waals surface area contributed by atoms with Crippen molar-refractivity contribution in [1.29, 1.82) is 0 Å². The molecule has 41 heavy (non-hydrogen) atoms. The molecular weight excluding hydrogens is 543 g/mol. The molecule has 0 unspecified atom stereocenters. The van der Waals surface area contributed by atoms with Gasteiger partial charge in [0.1, 0.15) is 17.7 Å². The second-order valence-corrected chi connectivity index (χ2v) is 10.2. The number of benzene rings is 1. The average Bonchev–Trinajstić information content (AvgIpc) is 3.48. The van der Waals surface area contributed by atoms with Crippen molar-refractivity contribution < 1.29 is 32.2 Å². The quantitative estimate of drug-likeness (QED) is 0.488. The van der Waals surface area contributed by atoms with E-state index < -0.39 is 35.6 Å². The molecule has 2 fully saturated rings. The Morgan fingerprint density at radius 1 is 1.07 bits per heavy atom. The van der Waals surface area contributed by atoms with E-state index in [9.17, 15) is 22.8 Å². The fourth-order valence-corrected chi connectivity index (χ4v) is 5.02. The Balaban J connectivity index is 1.12. The Kier molecular flexibility index (Phi) is 6.85. The molecule has 3 amide bonds. The largest absolute Gasteiger partial charge is 0.483 e. The Morgan fingerprint density at radius 2 is 1.80 bits per heavy atom. The molecule has 3 aromatic rings. The Bertz CT molecular complexity index is 1530. The van der Waals surface area contributed by atoms with Crippen LogP contribution in [0.3, 0.4) is 0 Å². The smallest absolute Gasteiger partial charge is 0.341 e. The maximum Gasteiger partial charge on any atom is 0.341 e. The maximum atomic E-state index is 14.7. The van der Waals surface area contributed by atoms with Crippen molar-refractivity contribution in [1.82, 2.24) is 30.0 Å². The number of likely N-dealkylation sites (tertiary alicyclic amines) is 1. The first-order chi connectivity index (χ1) is 19.7. The van der Waals surface area contributed by atoms with Gasteiger partial charge in [0.25, 0.3) is 5.91 Å². The number of hydrogen-bond acceptors (Lipinski definition) is 7. The summed E-state index contributed by atoms with van der Waals surface area (Å²) in [6, 6.07) is 3.37. The van der Waals surface area contributed by atoms with Crippen LogP contribution in [0.5, 0.6) is 5.75 Å². The molecule has 1 N–H and O–H groups in total. The lowest BCUT2D eigenvalue weighted by Gasteiger charge is -2.41. The van der Waals surface area contributed by atoms with E-state index in [1.807, 2.05) is 0 Å². The minimum absolute atomic E-state index is 0.0463. The van der Waals surface area contributed by atoms with Crippen molar-refractivity contribution in [2.75, 3.05) is 26.3 Å². The zero-order valence-corrected chi connectivity index (χ0v) is 22.2. The van der Waals surface area contributed by atoms with Crippen LogP contribution in [-0.2, 0) is 4.74 Å². The standard InChI is InChI=1S/C27H26F3N7O4/c1-14-25(26(38)33-19-12-40-13-19)15(2)36(34-14)24-8-23(21(30)9-31-24)41-20-10-35(11-20)27(39)37-22(3-4-32-37)16-5-17(28)7-18(29)6-16/h4-9,19-20,22H,3,10-13H2,1-2H3,(H,33,38)/t22-/m0/s1. The number of hydrazone groups is 1. The van der Waals surface area contributed by atoms with Gasteiger partial charge >= 0.3 is 6.03 Å². The van der Waals surface area contributed by atoms with Crippen LogP contribution in [0.4, 0.5) is 18.0 Å². The lowest BCUT2D eigenvalue weighted by Crippen LogP contribution is -2.58. The van der Waals surface area contributed by atoms with Crippen molar-refractivity contribution >= 4 is 18.2 Å².